The lowest BCUT2D eigenvalue weighted by molar-refractivity contribution is 0.0996. The first-order valence-electron chi connectivity index (χ1n) is 2.98. The van der Waals surface area contributed by atoms with Crippen LogP contribution in [0.2, 0.25) is 5.02 Å². The van der Waals surface area contributed by atoms with Gasteiger partial charge >= 0.3 is 0 Å². The molecule has 0 aromatic carbocycles. The third-order valence-electron chi connectivity index (χ3n) is 1.19. The highest BCUT2D eigenvalue weighted by atomic mass is 35.5. The minimum Gasteiger partial charge on any atom is -0.364 e. The number of aromatic nitrogens is 1. The first-order valence-corrected chi connectivity index (χ1v) is 3.35. The maximum absolute atomic E-state index is 10.6. The molecule has 0 atom stereocenters. The molecule has 0 unspecified atom stereocenters. The lowest BCUT2D eigenvalue weighted by Gasteiger charge is -1.97. The van der Waals surface area contributed by atoms with Crippen LogP contribution in [0.15, 0.2) is 12.3 Å². The average Bonchev–Trinajstić information content (AvgIpc) is 2.03. The molecule has 1 aromatic rings. The highest BCUT2D eigenvalue weighted by Crippen LogP contribution is 2.19. The van der Waals surface area contributed by atoms with Crippen molar-refractivity contribution in [1.29, 1.82) is 0 Å². The van der Waals surface area contributed by atoms with Gasteiger partial charge in [0, 0.05) is 6.20 Å². The molecular weight excluding hydrogens is 178 g/mol. The second-order valence-electron chi connectivity index (χ2n) is 2.00. The van der Waals surface area contributed by atoms with E-state index in [4.69, 9.17) is 23.9 Å². The lowest BCUT2D eigenvalue weighted by atomic mass is 10.3. The lowest BCUT2D eigenvalue weighted by Crippen LogP contribution is -2.13. The van der Waals surface area contributed by atoms with E-state index in [0.717, 1.165) is 0 Å². The molecule has 2 N–H and O–H groups in total. The SMILES string of the molecule is [C-]#[N+]c1cnc(C(N)=O)c(Cl)c1. The summed E-state index contributed by atoms with van der Waals surface area (Å²) in [5.74, 6) is -0.698. The Morgan fingerprint density at radius 3 is 2.83 bits per heavy atom. The van der Waals surface area contributed by atoms with Gasteiger partial charge in [0.15, 0.2) is 0 Å². The van der Waals surface area contributed by atoms with Crippen LogP contribution in [0.25, 0.3) is 4.85 Å². The summed E-state index contributed by atoms with van der Waals surface area (Å²) in [6.07, 6.45) is 1.25. The van der Waals surface area contributed by atoms with Gasteiger partial charge in [-0.2, -0.15) is 0 Å². The van der Waals surface area contributed by atoms with Crippen molar-refractivity contribution in [2.24, 2.45) is 5.73 Å². The van der Waals surface area contributed by atoms with Gasteiger partial charge in [-0.15, -0.1) is 0 Å². The van der Waals surface area contributed by atoms with Gasteiger partial charge in [-0.3, -0.25) is 9.78 Å². The van der Waals surface area contributed by atoms with Crippen molar-refractivity contribution in [3.8, 4) is 0 Å². The first kappa shape index (κ1) is 8.50. The first-order chi connectivity index (χ1) is 5.65. The number of hydrogen-bond acceptors (Lipinski definition) is 2. The number of primary amides is 1. The zero-order chi connectivity index (χ0) is 9.14. The van der Waals surface area contributed by atoms with Crippen LogP contribution in [0, 0.1) is 6.57 Å². The highest BCUT2D eigenvalue weighted by molar-refractivity contribution is 6.33. The Morgan fingerprint density at radius 1 is 1.75 bits per heavy atom. The Bertz CT molecular complexity index is 369. The maximum atomic E-state index is 10.6. The number of halogens is 1. The Labute approximate surface area is 73.8 Å². The molecule has 1 rings (SSSR count). The van der Waals surface area contributed by atoms with Crippen molar-refractivity contribution < 1.29 is 4.79 Å². The number of rotatable bonds is 1. The molecule has 0 fully saturated rings. The minimum atomic E-state index is -0.698. The van der Waals surface area contributed by atoms with Gasteiger partial charge in [0.25, 0.3) is 5.91 Å². The topological polar surface area (TPSA) is 60.3 Å². The molecular formula is C7H4ClN3O. The van der Waals surface area contributed by atoms with Gasteiger partial charge in [0.1, 0.15) is 5.69 Å². The van der Waals surface area contributed by atoms with Crippen molar-refractivity contribution >= 4 is 23.2 Å². The normalized spacial score (nSPS) is 9.00. The van der Waals surface area contributed by atoms with Crippen LogP contribution in [-0.2, 0) is 0 Å². The third kappa shape index (κ3) is 1.52. The van der Waals surface area contributed by atoms with Crippen LogP contribution in [0.5, 0.6) is 0 Å². The fourth-order valence-electron chi connectivity index (χ4n) is 0.670. The largest absolute Gasteiger partial charge is 0.364 e. The van der Waals surface area contributed by atoms with E-state index >= 15 is 0 Å². The average molecular weight is 182 g/mol. The van der Waals surface area contributed by atoms with Gasteiger partial charge in [-0.1, -0.05) is 11.6 Å². The van der Waals surface area contributed by atoms with E-state index in [0.29, 0.717) is 0 Å². The van der Waals surface area contributed by atoms with E-state index in [1.165, 1.54) is 12.3 Å². The predicted octanol–water partition coefficient (Wildman–Crippen LogP) is 1.38. The molecule has 0 radical (unpaired) electrons. The summed E-state index contributed by atoms with van der Waals surface area (Å²) < 4.78 is 0. The number of nitrogens with two attached hydrogens (primary N) is 1. The van der Waals surface area contributed by atoms with Gasteiger partial charge in [0.2, 0.25) is 5.69 Å². The molecule has 60 valence electrons. The predicted molar refractivity (Wildman–Crippen MR) is 44.0 cm³/mol. The molecule has 0 saturated carbocycles. The number of hydrogen-bond donors (Lipinski definition) is 1. The van der Waals surface area contributed by atoms with E-state index in [9.17, 15) is 4.79 Å². The van der Waals surface area contributed by atoms with Gasteiger partial charge in [0.05, 0.1) is 11.6 Å². The summed E-state index contributed by atoms with van der Waals surface area (Å²) in [5, 5.41) is 0.107. The number of carbonyl (C=O) groups excluding carboxylic acids is 1. The van der Waals surface area contributed by atoms with Crippen LogP contribution in [0.1, 0.15) is 10.5 Å². The number of nitrogens with zero attached hydrogens (tertiary/aromatic N) is 2. The monoisotopic (exact) mass is 181 g/mol. The molecule has 0 aliphatic carbocycles. The quantitative estimate of drug-likeness (QED) is 0.666. The standard InChI is InChI=1S/C7H4ClN3O/c1-10-4-2-5(8)6(7(9)12)11-3-4/h2-3H,(H2,9,12). The van der Waals surface area contributed by atoms with Crippen LogP contribution in [0.3, 0.4) is 0 Å². The molecule has 1 heterocycles. The summed E-state index contributed by atoms with van der Waals surface area (Å²) in [6, 6.07) is 1.35. The Kier molecular flexibility index (Phi) is 2.26. The molecule has 0 aliphatic heterocycles. The summed E-state index contributed by atoms with van der Waals surface area (Å²) in [4.78, 5) is 17.3. The van der Waals surface area contributed by atoms with E-state index in [-0.39, 0.29) is 16.4 Å². The summed E-state index contributed by atoms with van der Waals surface area (Å²) in [6.45, 7) is 6.63. The fourth-order valence-corrected chi connectivity index (χ4v) is 0.924. The molecule has 0 spiro atoms. The number of carbonyl (C=O) groups is 1. The van der Waals surface area contributed by atoms with E-state index in [1.54, 1.807) is 0 Å². The van der Waals surface area contributed by atoms with Gasteiger partial charge in [-0.05, 0) is 6.07 Å². The maximum Gasteiger partial charge on any atom is 0.268 e. The molecule has 0 aliphatic rings. The third-order valence-corrected chi connectivity index (χ3v) is 1.48. The van der Waals surface area contributed by atoms with Crippen molar-refractivity contribution in [1.82, 2.24) is 4.98 Å². The second-order valence-corrected chi connectivity index (χ2v) is 2.41. The van der Waals surface area contributed by atoms with Crippen molar-refractivity contribution in [2.75, 3.05) is 0 Å². The second kappa shape index (κ2) is 3.20. The summed E-state index contributed by atoms with van der Waals surface area (Å²) in [7, 11) is 0. The Morgan fingerprint density at radius 2 is 2.42 bits per heavy atom. The van der Waals surface area contributed by atoms with Crippen LogP contribution >= 0.6 is 11.6 Å². The van der Waals surface area contributed by atoms with E-state index in [2.05, 4.69) is 9.83 Å². The van der Waals surface area contributed by atoms with Gasteiger partial charge in [-0.25, -0.2) is 4.85 Å². The zero-order valence-electron chi connectivity index (χ0n) is 5.91. The van der Waals surface area contributed by atoms with Crippen LogP contribution < -0.4 is 5.73 Å². The Balaban J connectivity index is 3.23. The number of amides is 1. The van der Waals surface area contributed by atoms with E-state index < -0.39 is 5.91 Å². The smallest absolute Gasteiger partial charge is 0.268 e. The Hall–Kier alpha value is -1.60. The molecule has 4 nitrogen and oxygen atoms in total. The van der Waals surface area contributed by atoms with Crippen LogP contribution in [0.4, 0.5) is 5.69 Å². The van der Waals surface area contributed by atoms with E-state index in [1.807, 2.05) is 0 Å². The molecule has 5 heteroatoms. The molecule has 12 heavy (non-hydrogen) atoms. The van der Waals surface area contributed by atoms with Crippen molar-refractivity contribution in [3.05, 3.63) is 34.4 Å². The zero-order valence-corrected chi connectivity index (χ0v) is 6.67. The fraction of sp³-hybridized carbons (Fsp3) is 0. The summed E-state index contributed by atoms with van der Waals surface area (Å²) >= 11 is 5.60. The molecule has 0 bridgehead atoms. The molecule has 0 saturated heterocycles. The highest BCUT2D eigenvalue weighted by Gasteiger charge is 2.07. The van der Waals surface area contributed by atoms with Crippen LogP contribution in [-0.4, -0.2) is 10.9 Å². The minimum absolute atomic E-state index is 0.0101. The number of pyridine rings is 1. The van der Waals surface area contributed by atoms with Crippen molar-refractivity contribution in [3.63, 3.8) is 0 Å². The molecule has 1 aromatic heterocycles. The molecule has 1 amide bonds. The van der Waals surface area contributed by atoms with Gasteiger partial charge < -0.3 is 5.73 Å². The summed E-state index contributed by atoms with van der Waals surface area (Å²) in [5.41, 5.74) is 5.22. The van der Waals surface area contributed by atoms with Crippen molar-refractivity contribution in [2.45, 2.75) is 0 Å².